The van der Waals surface area contributed by atoms with Gasteiger partial charge >= 0.3 is 0 Å². The molecule has 2 fully saturated rings. The first-order chi connectivity index (χ1) is 8.67. The van der Waals surface area contributed by atoms with Gasteiger partial charge in [0.15, 0.2) is 5.17 Å². The predicted octanol–water partition coefficient (Wildman–Crippen LogP) is 2.44. The summed E-state index contributed by atoms with van der Waals surface area (Å²) in [6, 6.07) is 0.643. The number of thioether (sulfide) groups is 1. The van der Waals surface area contributed by atoms with Gasteiger partial charge < -0.3 is 10.2 Å². The molecule has 2 aliphatic rings. The van der Waals surface area contributed by atoms with E-state index < -0.39 is 0 Å². The molecule has 0 bridgehead atoms. The highest BCUT2D eigenvalue weighted by molar-refractivity contribution is 8.14. The fraction of sp³-hybridized carbons (Fsp3) is 0.929. The molecule has 0 aliphatic carbocycles. The van der Waals surface area contributed by atoms with Crippen molar-refractivity contribution in [3.8, 4) is 0 Å². The van der Waals surface area contributed by atoms with Crippen LogP contribution in [0.25, 0.3) is 0 Å². The van der Waals surface area contributed by atoms with Crippen LogP contribution in [0.1, 0.15) is 33.6 Å². The molecule has 2 heterocycles. The molecular formula is C14H27N3S. The smallest absolute Gasteiger partial charge is 0.156 e. The number of hydrogen-bond acceptors (Lipinski definition) is 3. The van der Waals surface area contributed by atoms with Gasteiger partial charge in [0.1, 0.15) is 0 Å². The van der Waals surface area contributed by atoms with Crippen LogP contribution in [-0.2, 0) is 0 Å². The Hall–Kier alpha value is -0.220. The van der Waals surface area contributed by atoms with E-state index >= 15 is 0 Å². The van der Waals surface area contributed by atoms with Gasteiger partial charge in [-0.1, -0.05) is 32.5 Å². The zero-order valence-electron chi connectivity index (χ0n) is 12.0. The molecule has 0 saturated carbocycles. The van der Waals surface area contributed by atoms with Gasteiger partial charge in [-0.05, 0) is 37.8 Å². The van der Waals surface area contributed by atoms with Gasteiger partial charge in [0, 0.05) is 24.9 Å². The summed E-state index contributed by atoms with van der Waals surface area (Å²) in [6.45, 7) is 11.5. The largest absolute Gasteiger partial charge is 0.361 e. The molecule has 3 nitrogen and oxygen atoms in total. The highest BCUT2D eigenvalue weighted by Gasteiger charge is 2.23. The summed E-state index contributed by atoms with van der Waals surface area (Å²) in [4.78, 5) is 7.30. The lowest BCUT2D eigenvalue weighted by atomic mass is 10.1. The predicted molar refractivity (Wildman–Crippen MR) is 81.4 cm³/mol. The molecule has 0 aromatic rings. The Balaban J connectivity index is 1.71. The third-order valence-electron chi connectivity index (χ3n) is 3.82. The standard InChI is InChI=1S/C14H27N3S/c1-4-17-6-5-12(9-17)8-15-14-16-13(10-18-14)7-11(2)3/h11-13H,4-10H2,1-3H3,(H,15,16). The van der Waals surface area contributed by atoms with E-state index in [1.807, 2.05) is 11.8 Å². The minimum atomic E-state index is 0.643. The van der Waals surface area contributed by atoms with Crippen molar-refractivity contribution in [2.75, 3.05) is 31.9 Å². The summed E-state index contributed by atoms with van der Waals surface area (Å²) in [5.74, 6) is 2.75. The summed E-state index contributed by atoms with van der Waals surface area (Å²) in [5, 5.41) is 4.76. The highest BCUT2D eigenvalue weighted by atomic mass is 32.2. The molecule has 2 saturated heterocycles. The van der Waals surface area contributed by atoms with Gasteiger partial charge in [0.2, 0.25) is 0 Å². The van der Waals surface area contributed by atoms with E-state index in [4.69, 9.17) is 4.99 Å². The minimum absolute atomic E-state index is 0.643. The Morgan fingerprint density at radius 2 is 2.33 bits per heavy atom. The van der Waals surface area contributed by atoms with Crippen LogP contribution >= 0.6 is 11.8 Å². The number of likely N-dealkylation sites (tertiary alicyclic amines) is 1. The van der Waals surface area contributed by atoms with Crippen molar-refractivity contribution in [1.82, 2.24) is 10.2 Å². The van der Waals surface area contributed by atoms with Crippen LogP contribution in [0, 0.1) is 11.8 Å². The number of nitrogens with one attached hydrogen (secondary N) is 1. The second-order valence-corrected chi connectivity index (χ2v) is 6.98. The fourth-order valence-electron chi connectivity index (χ4n) is 2.79. The van der Waals surface area contributed by atoms with Crippen molar-refractivity contribution in [2.24, 2.45) is 16.8 Å². The van der Waals surface area contributed by atoms with Gasteiger partial charge in [-0.25, -0.2) is 0 Å². The Labute approximate surface area is 116 Å². The average Bonchev–Trinajstić information content (AvgIpc) is 2.94. The normalized spacial score (nSPS) is 31.4. The van der Waals surface area contributed by atoms with Crippen molar-refractivity contribution in [3.05, 3.63) is 0 Å². The second-order valence-electron chi connectivity index (χ2n) is 5.98. The highest BCUT2D eigenvalue weighted by Crippen LogP contribution is 2.21. The zero-order chi connectivity index (χ0) is 13.0. The summed E-state index contributed by atoms with van der Waals surface area (Å²) in [5.41, 5.74) is 0. The van der Waals surface area contributed by atoms with Crippen molar-refractivity contribution in [2.45, 2.75) is 39.7 Å². The van der Waals surface area contributed by atoms with Gasteiger partial charge in [0.05, 0.1) is 0 Å². The molecule has 2 aliphatic heterocycles. The molecule has 1 N–H and O–H groups in total. The average molecular weight is 269 g/mol. The van der Waals surface area contributed by atoms with E-state index in [1.165, 1.54) is 43.4 Å². The molecule has 2 unspecified atom stereocenters. The molecule has 104 valence electrons. The van der Waals surface area contributed by atoms with E-state index in [9.17, 15) is 0 Å². The van der Waals surface area contributed by atoms with Crippen LogP contribution in [-0.4, -0.2) is 48.0 Å². The first kappa shape index (κ1) is 14.2. The van der Waals surface area contributed by atoms with Crippen molar-refractivity contribution in [3.63, 3.8) is 0 Å². The summed E-state index contributed by atoms with van der Waals surface area (Å²) >= 11 is 1.91. The topological polar surface area (TPSA) is 27.6 Å². The van der Waals surface area contributed by atoms with Gasteiger partial charge in [0.25, 0.3) is 0 Å². The van der Waals surface area contributed by atoms with E-state index in [1.54, 1.807) is 0 Å². The SMILES string of the molecule is CCN1CCC(CN=C2NC(CC(C)C)CS2)C1. The maximum atomic E-state index is 4.77. The van der Waals surface area contributed by atoms with Crippen LogP contribution in [0.5, 0.6) is 0 Å². The Morgan fingerprint density at radius 1 is 1.50 bits per heavy atom. The summed E-state index contributed by atoms with van der Waals surface area (Å²) in [7, 11) is 0. The van der Waals surface area contributed by atoms with Gasteiger partial charge in [-0.2, -0.15) is 0 Å². The van der Waals surface area contributed by atoms with Crippen LogP contribution in [0.2, 0.25) is 0 Å². The van der Waals surface area contributed by atoms with Crippen LogP contribution in [0.15, 0.2) is 4.99 Å². The zero-order valence-corrected chi connectivity index (χ0v) is 12.8. The van der Waals surface area contributed by atoms with E-state index in [0.29, 0.717) is 6.04 Å². The van der Waals surface area contributed by atoms with E-state index in [2.05, 4.69) is 31.0 Å². The monoisotopic (exact) mass is 269 g/mol. The second kappa shape index (κ2) is 6.80. The number of rotatable bonds is 5. The molecule has 2 rings (SSSR count). The molecule has 0 aromatic carbocycles. The van der Waals surface area contributed by atoms with Crippen LogP contribution in [0.3, 0.4) is 0 Å². The lowest BCUT2D eigenvalue weighted by Gasteiger charge is -2.13. The minimum Gasteiger partial charge on any atom is -0.361 e. The quantitative estimate of drug-likeness (QED) is 0.831. The molecule has 0 spiro atoms. The van der Waals surface area contributed by atoms with Gasteiger partial charge in [-0.15, -0.1) is 0 Å². The molecule has 2 atom stereocenters. The summed E-state index contributed by atoms with van der Waals surface area (Å²) < 4.78 is 0. The molecule has 18 heavy (non-hydrogen) atoms. The molecule has 0 radical (unpaired) electrons. The Kier molecular flexibility index (Phi) is 5.37. The molecule has 0 amide bonds. The number of nitrogens with zero attached hydrogens (tertiary/aromatic N) is 2. The van der Waals surface area contributed by atoms with Crippen molar-refractivity contribution < 1.29 is 0 Å². The van der Waals surface area contributed by atoms with Crippen molar-refractivity contribution >= 4 is 16.9 Å². The van der Waals surface area contributed by atoms with Crippen LogP contribution < -0.4 is 5.32 Å². The Bertz CT molecular complexity index is 291. The molecular weight excluding hydrogens is 242 g/mol. The number of aliphatic imine (C=N–C) groups is 1. The Morgan fingerprint density at radius 3 is 3.00 bits per heavy atom. The number of hydrogen-bond donors (Lipinski definition) is 1. The first-order valence-electron chi connectivity index (χ1n) is 7.33. The molecule has 4 heteroatoms. The lowest BCUT2D eigenvalue weighted by molar-refractivity contribution is 0.344. The maximum absolute atomic E-state index is 4.77. The van der Waals surface area contributed by atoms with Crippen LogP contribution in [0.4, 0.5) is 0 Å². The maximum Gasteiger partial charge on any atom is 0.156 e. The summed E-state index contributed by atoms with van der Waals surface area (Å²) in [6.07, 6.45) is 2.59. The molecule has 0 aromatic heterocycles. The third kappa shape index (κ3) is 4.16. The lowest BCUT2D eigenvalue weighted by Crippen LogP contribution is -2.28. The fourth-order valence-corrected chi connectivity index (χ4v) is 3.78. The van der Waals surface area contributed by atoms with Crippen molar-refractivity contribution in [1.29, 1.82) is 0 Å². The third-order valence-corrected chi connectivity index (χ3v) is 4.90. The number of amidine groups is 1. The first-order valence-corrected chi connectivity index (χ1v) is 8.32. The van der Waals surface area contributed by atoms with E-state index in [-0.39, 0.29) is 0 Å². The van der Waals surface area contributed by atoms with Gasteiger partial charge in [-0.3, -0.25) is 4.99 Å². The van der Waals surface area contributed by atoms with E-state index in [0.717, 1.165) is 18.4 Å².